The number of hydrogen-bond donors (Lipinski definition) is 1. The van der Waals surface area contributed by atoms with Crippen LogP contribution >= 0.6 is 11.6 Å². The zero-order valence-electron chi connectivity index (χ0n) is 8.06. The Labute approximate surface area is 98.0 Å². The second kappa shape index (κ2) is 5.00. The van der Waals surface area contributed by atoms with E-state index in [1.165, 1.54) is 0 Å². The summed E-state index contributed by atoms with van der Waals surface area (Å²) in [7, 11) is 0. The molecule has 1 heterocycles. The average molecular weight is 267 g/mol. The molecular formula is C8H5ClF2N2O4. The molecule has 0 aliphatic heterocycles. The summed E-state index contributed by atoms with van der Waals surface area (Å²) in [5.74, 6) is -1.43. The van der Waals surface area contributed by atoms with Gasteiger partial charge in [0.15, 0.2) is 0 Å². The molecule has 0 saturated heterocycles. The van der Waals surface area contributed by atoms with Gasteiger partial charge in [0, 0.05) is 6.20 Å². The number of alkyl halides is 2. The minimum atomic E-state index is -3.13. The first-order valence-corrected chi connectivity index (χ1v) is 4.54. The Morgan fingerprint density at radius 1 is 1.65 bits per heavy atom. The molecule has 0 aliphatic rings. The first kappa shape index (κ1) is 13.2. The highest BCUT2D eigenvalue weighted by Crippen LogP contribution is 2.34. The molecule has 0 aromatic carbocycles. The fraction of sp³-hybridized carbons (Fsp3) is 0.250. The van der Waals surface area contributed by atoms with E-state index in [1.807, 2.05) is 0 Å². The van der Waals surface area contributed by atoms with Gasteiger partial charge < -0.3 is 5.11 Å². The van der Waals surface area contributed by atoms with Crippen molar-refractivity contribution in [2.75, 3.05) is 0 Å². The number of carbonyl (C=O) groups is 1. The van der Waals surface area contributed by atoms with Crippen molar-refractivity contribution in [2.24, 2.45) is 0 Å². The second-order valence-corrected chi connectivity index (χ2v) is 3.32. The van der Waals surface area contributed by atoms with Crippen LogP contribution in [0.3, 0.4) is 0 Å². The van der Waals surface area contributed by atoms with Gasteiger partial charge in [0.1, 0.15) is 10.7 Å². The lowest BCUT2D eigenvalue weighted by Crippen LogP contribution is -2.08. The minimum absolute atomic E-state index is 0.469. The first-order valence-electron chi connectivity index (χ1n) is 4.16. The van der Waals surface area contributed by atoms with Gasteiger partial charge >= 0.3 is 5.97 Å². The maximum absolute atomic E-state index is 12.5. The molecule has 0 amide bonds. The molecule has 0 atom stereocenters. The largest absolute Gasteiger partial charge is 0.481 e. The molecule has 0 bridgehead atoms. The fourth-order valence-electron chi connectivity index (χ4n) is 1.22. The molecule has 0 aliphatic carbocycles. The third-order valence-corrected chi connectivity index (χ3v) is 2.20. The average Bonchev–Trinajstić information content (AvgIpc) is 2.19. The van der Waals surface area contributed by atoms with Gasteiger partial charge in [0.2, 0.25) is 0 Å². The number of carboxylic acids is 1. The molecule has 0 spiro atoms. The monoisotopic (exact) mass is 266 g/mol. The van der Waals surface area contributed by atoms with E-state index >= 15 is 0 Å². The van der Waals surface area contributed by atoms with E-state index in [0.29, 0.717) is 6.20 Å². The standard InChI is InChI=1S/C8H5ClF2N2O4/c9-7-3(1-5(14)15)6(13(16)17)4(2-12-7)8(10)11/h2,8H,1H2,(H,14,15). The van der Waals surface area contributed by atoms with Crippen LogP contribution in [-0.4, -0.2) is 21.0 Å². The topological polar surface area (TPSA) is 93.3 Å². The molecule has 1 aromatic rings. The maximum Gasteiger partial charge on any atom is 0.308 e. The lowest BCUT2D eigenvalue weighted by Gasteiger charge is -2.06. The van der Waals surface area contributed by atoms with Gasteiger partial charge in [-0.25, -0.2) is 13.8 Å². The van der Waals surface area contributed by atoms with Crippen molar-refractivity contribution in [3.63, 3.8) is 0 Å². The van der Waals surface area contributed by atoms with E-state index in [9.17, 15) is 23.7 Å². The van der Waals surface area contributed by atoms with Crippen molar-refractivity contribution < 1.29 is 23.6 Å². The molecule has 0 saturated carbocycles. The van der Waals surface area contributed by atoms with E-state index in [4.69, 9.17) is 16.7 Å². The number of halogens is 3. The molecule has 0 unspecified atom stereocenters. The predicted molar refractivity (Wildman–Crippen MR) is 52.2 cm³/mol. The number of aliphatic carboxylic acids is 1. The Morgan fingerprint density at radius 2 is 2.24 bits per heavy atom. The van der Waals surface area contributed by atoms with Crippen LogP contribution in [0.1, 0.15) is 17.6 Å². The molecule has 6 nitrogen and oxygen atoms in total. The van der Waals surface area contributed by atoms with Gasteiger partial charge in [-0.3, -0.25) is 14.9 Å². The zero-order chi connectivity index (χ0) is 13.2. The van der Waals surface area contributed by atoms with Crippen molar-refractivity contribution in [3.05, 3.63) is 32.6 Å². The van der Waals surface area contributed by atoms with Crippen LogP contribution in [-0.2, 0) is 11.2 Å². The van der Waals surface area contributed by atoms with Crippen LogP contribution < -0.4 is 0 Å². The summed E-state index contributed by atoms with van der Waals surface area (Å²) in [5.41, 5.74) is -2.47. The number of carboxylic acid groups (broad SMARTS) is 1. The quantitative estimate of drug-likeness (QED) is 0.512. The van der Waals surface area contributed by atoms with Crippen molar-refractivity contribution in [1.29, 1.82) is 0 Å². The number of rotatable bonds is 4. The molecule has 92 valence electrons. The number of nitro groups is 1. The third kappa shape index (κ3) is 2.84. The SMILES string of the molecule is O=C(O)Cc1c(Cl)ncc(C(F)F)c1[N+](=O)[O-]. The highest BCUT2D eigenvalue weighted by Gasteiger charge is 2.29. The van der Waals surface area contributed by atoms with Crippen LogP contribution in [0.5, 0.6) is 0 Å². The highest BCUT2D eigenvalue weighted by molar-refractivity contribution is 6.30. The maximum atomic E-state index is 12.5. The molecule has 1 N–H and O–H groups in total. The van der Waals surface area contributed by atoms with Gasteiger partial charge in [-0.2, -0.15) is 0 Å². The van der Waals surface area contributed by atoms with Crippen LogP contribution in [0.2, 0.25) is 5.15 Å². The van der Waals surface area contributed by atoms with E-state index in [2.05, 4.69) is 4.98 Å². The molecule has 1 aromatic heterocycles. The van der Waals surface area contributed by atoms with Gasteiger partial charge in [-0.1, -0.05) is 11.6 Å². The zero-order valence-corrected chi connectivity index (χ0v) is 8.82. The fourth-order valence-corrected chi connectivity index (χ4v) is 1.43. The van der Waals surface area contributed by atoms with Crippen molar-refractivity contribution >= 4 is 23.3 Å². The number of aromatic nitrogens is 1. The first-order chi connectivity index (χ1) is 7.84. The third-order valence-electron chi connectivity index (χ3n) is 1.87. The molecule has 9 heteroatoms. The van der Waals surface area contributed by atoms with E-state index < -0.39 is 45.7 Å². The van der Waals surface area contributed by atoms with E-state index in [1.54, 1.807) is 0 Å². The lowest BCUT2D eigenvalue weighted by atomic mass is 10.1. The Morgan fingerprint density at radius 3 is 2.65 bits per heavy atom. The molecule has 0 fully saturated rings. The summed E-state index contributed by atoms with van der Waals surface area (Å²) in [6.45, 7) is 0. The summed E-state index contributed by atoms with van der Waals surface area (Å²) in [5, 5.41) is 18.7. The summed E-state index contributed by atoms with van der Waals surface area (Å²) >= 11 is 5.47. The Bertz CT molecular complexity index is 481. The normalized spacial score (nSPS) is 10.6. The van der Waals surface area contributed by atoms with Gasteiger partial charge in [-0.05, 0) is 0 Å². The summed E-state index contributed by atoms with van der Waals surface area (Å²) in [4.78, 5) is 23.4. The lowest BCUT2D eigenvalue weighted by molar-refractivity contribution is -0.387. The minimum Gasteiger partial charge on any atom is -0.481 e. The number of pyridine rings is 1. The number of nitrogens with zero attached hydrogens (tertiary/aromatic N) is 2. The Kier molecular flexibility index (Phi) is 3.89. The van der Waals surface area contributed by atoms with Crippen molar-refractivity contribution in [3.8, 4) is 0 Å². The molecule has 0 radical (unpaired) electrons. The Hall–Kier alpha value is -1.83. The van der Waals surface area contributed by atoms with Crippen LogP contribution in [0.25, 0.3) is 0 Å². The smallest absolute Gasteiger partial charge is 0.308 e. The van der Waals surface area contributed by atoms with E-state index in [0.717, 1.165) is 0 Å². The second-order valence-electron chi connectivity index (χ2n) is 2.96. The Balaban J connectivity index is 3.48. The predicted octanol–water partition coefficient (Wildman–Crippen LogP) is 2.21. The molecular weight excluding hydrogens is 262 g/mol. The summed E-state index contributed by atoms with van der Waals surface area (Å²) < 4.78 is 25.0. The number of hydrogen-bond acceptors (Lipinski definition) is 4. The van der Waals surface area contributed by atoms with Gasteiger partial charge in [0.05, 0.1) is 16.9 Å². The van der Waals surface area contributed by atoms with Crippen molar-refractivity contribution in [2.45, 2.75) is 12.8 Å². The summed E-state index contributed by atoms with van der Waals surface area (Å²) in [6.07, 6.45) is -3.41. The van der Waals surface area contributed by atoms with Gasteiger partial charge in [-0.15, -0.1) is 0 Å². The molecule has 17 heavy (non-hydrogen) atoms. The van der Waals surface area contributed by atoms with E-state index in [-0.39, 0.29) is 0 Å². The van der Waals surface area contributed by atoms with Crippen LogP contribution in [0, 0.1) is 10.1 Å². The highest BCUT2D eigenvalue weighted by atomic mass is 35.5. The summed E-state index contributed by atoms with van der Waals surface area (Å²) in [6, 6.07) is 0. The van der Waals surface area contributed by atoms with Crippen LogP contribution in [0.15, 0.2) is 6.20 Å². The van der Waals surface area contributed by atoms with Crippen molar-refractivity contribution in [1.82, 2.24) is 4.98 Å². The molecule has 1 rings (SSSR count). The van der Waals surface area contributed by atoms with Gasteiger partial charge in [0.25, 0.3) is 12.1 Å². The van der Waals surface area contributed by atoms with Crippen LogP contribution in [0.4, 0.5) is 14.5 Å².